The molecular weight excluding hydrogens is 430 g/mol. The van der Waals surface area contributed by atoms with Crippen LogP contribution in [-0.4, -0.2) is 40.7 Å². The van der Waals surface area contributed by atoms with Crippen LogP contribution in [-0.2, 0) is 6.42 Å². The molecule has 0 bridgehead atoms. The molecule has 10 heteroatoms. The number of aryl methyl sites for hydroxylation is 1. The Kier molecular flexibility index (Phi) is 5.27. The number of ketones is 1. The fourth-order valence-electron chi connectivity index (χ4n) is 3.68. The molecule has 0 atom stereocenters. The first-order chi connectivity index (χ1) is 16.5. The predicted molar refractivity (Wildman–Crippen MR) is 125 cm³/mol. The van der Waals surface area contributed by atoms with Crippen LogP contribution in [0, 0.1) is 18.3 Å². The van der Waals surface area contributed by atoms with E-state index in [2.05, 4.69) is 36.8 Å². The Morgan fingerprint density at radius 1 is 1.18 bits per heavy atom. The third kappa shape index (κ3) is 3.98. The first-order valence-corrected chi connectivity index (χ1v) is 10.5. The van der Waals surface area contributed by atoms with Gasteiger partial charge in [0.15, 0.2) is 11.6 Å². The average molecular weight is 449 g/mol. The number of H-pyrrole nitrogens is 1. The van der Waals surface area contributed by atoms with Crippen LogP contribution in [0.25, 0.3) is 16.9 Å². The smallest absolute Gasteiger partial charge is 0.161 e. The van der Waals surface area contributed by atoms with Crippen LogP contribution < -0.4 is 5.32 Å². The fourth-order valence-corrected chi connectivity index (χ4v) is 3.68. The van der Waals surface area contributed by atoms with Crippen LogP contribution in [0.15, 0.2) is 55.0 Å². The van der Waals surface area contributed by atoms with Gasteiger partial charge in [0.05, 0.1) is 39.9 Å². The zero-order valence-corrected chi connectivity index (χ0v) is 18.4. The fraction of sp³-hybridized carbons (Fsp3) is 0.125. The zero-order chi connectivity index (χ0) is 23.7. The summed E-state index contributed by atoms with van der Waals surface area (Å²) in [5.74, 6) is 1.16. The van der Waals surface area contributed by atoms with Crippen molar-refractivity contribution in [2.24, 2.45) is 0 Å². The average Bonchev–Trinajstić information content (AvgIpc) is 3.46. The highest BCUT2D eigenvalue weighted by atomic mass is 16.1. The lowest BCUT2D eigenvalue weighted by molar-refractivity contribution is 0.101. The first-order valence-electron chi connectivity index (χ1n) is 10.5. The van der Waals surface area contributed by atoms with E-state index in [0.29, 0.717) is 34.2 Å². The van der Waals surface area contributed by atoms with Gasteiger partial charge in [0.25, 0.3) is 0 Å². The summed E-state index contributed by atoms with van der Waals surface area (Å²) in [5, 5.41) is 27.5. The van der Waals surface area contributed by atoms with Crippen LogP contribution >= 0.6 is 0 Å². The lowest BCUT2D eigenvalue weighted by atomic mass is 10.0. The monoisotopic (exact) mass is 449 g/mol. The van der Waals surface area contributed by atoms with Gasteiger partial charge in [-0.15, -0.1) is 5.10 Å². The van der Waals surface area contributed by atoms with E-state index < -0.39 is 0 Å². The number of carbonyl (C=O) groups is 1. The highest BCUT2D eigenvalue weighted by Gasteiger charge is 2.16. The van der Waals surface area contributed by atoms with Crippen LogP contribution in [0.4, 0.5) is 11.5 Å². The molecule has 34 heavy (non-hydrogen) atoms. The Morgan fingerprint density at radius 2 is 2.06 bits per heavy atom. The van der Waals surface area contributed by atoms with E-state index in [9.17, 15) is 10.1 Å². The molecule has 5 rings (SSSR count). The van der Waals surface area contributed by atoms with Crippen LogP contribution in [0.1, 0.15) is 39.9 Å². The van der Waals surface area contributed by atoms with E-state index >= 15 is 0 Å². The number of hydrogen-bond acceptors (Lipinski definition) is 8. The molecule has 0 aliphatic carbocycles. The molecule has 4 heterocycles. The lowest BCUT2D eigenvalue weighted by Gasteiger charge is -2.10. The number of nitrogens with one attached hydrogen (secondary N) is 2. The molecule has 0 amide bonds. The summed E-state index contributed by atoms with van der Waals surface area (Å²) in [4.78, 5) is 21.5. The second-order valence-corrected chi connectivity index (χ2v) is 7.77. The molecule has 2 N–H and O–H groups in total. The van der Waals surface area contributed by atoms with Crippen molar-refractivity contribution in [1.29, 1.82) is 5.26 Å². The van der Waals surface area contributed by atoms with Gasteiger partial charge in [-0.05, 0) is 56.3 Å². The molecule has 166 valence electrons. The van der Waals surface area contributed by atoms with E-state index in [1.807, 2.05) is 41.8 Å². The number of fused-ring (bicyclic) bond motifs is 1. The number of aromatic nitrogens is 7. The quantitative estimate of drug-likeness (QED) is 0.375. The molecule has 0 aliphatic heterocycles. The van der Waals surface area contributed by atoms with Gasteiger partial charge >= 0.3 is 0 Å². The van der Waals surface area contributed by atoms with Gasteiger partial charge in [-0.2, -0.15) is 15.5 Å². The SMILES string of the molecule is CC(=O)c1ccc(-n2cnc3cc(Nc4ccc(C)nn4)ccc32)nc1Cc1[nH]ncc1C#N. The third-order valence-electron chi connectivity index (χ3n) is 5.39. The highest BCUT2D eigenvalue weighted by molar-refractivity contribution is 5.95. The summed E-state index contributed by atoms with van der Waals surface area (Å²) in [6, 6.07) is 15.2. The Bertz CT molecular complexity index is 1560. The summed E-state index contributed by atoms with van der Waals surface area (Å²) in [5.41, 5.74) is 5.39. The number of benzene rings is 1. The van der Waals surface area contributed by atoms with E-state index in [0.717, 1.165) is 22.4 Å². The summed E-state index contributed by atoms with van der Waals surface area (Å²) in [6.07, 6.45) is 3.43. The third-order valence-corrected chi connectivity index (χ3v) is 5.39. The van der Waals surface area contributed by atoms with E-state index in [1.165, 1.54) is 13.1 Å². The number of imidazole rings is 1. The van der Waals surface area contributed by atoms with Crippen LogP contribution in [0.5, 0.6) is 0 Å². The molecule has 0 aliphatic rings. The summed E-state index contributed by atoms with van der Waals surface area (Å²) >= 11 is 0. The molecule has 1 aromatic carbocycles. The molecule has 4 aromatic heterocycles. The molecule has 0 saturated heterocycles. The van der Waals surface area contributed by atoms with Crippen molar-refractivity contribution in [3.63, 3.8) is 0 Å². The van der Waals surface area contributed by atoms with Gasteiger partial charge in [-0.25, -0.2) is 9.97 Å². The minimum absolute atomic E-state index is 0.0996. The maximum atomic E-state index is 12.2. The molecule has 0 spiro atoms. The van der Waals surface area contributed by atoms with Gasteiger partial charge < -0.3 is 5.32 Å². The second-order valence-electron chi connectivity index (χ2n) is 7.77. The normalized spacial score (nSPS) is 10.9. The molecular formula is C24H19N9O. The molecule has 0 fully saturated rings. The number of Topliss-reactive ketones (excluding diaryl/α,β-unsaturated/α-hetero) is 1. The summed E-state index contributed by atoms with van der Waals surface area (Å²) < 4.78 is 1.86. The number of nitrogens with zero attached hydrogens (tertiary/aromatic N) is 7. The Morgan fingerprint density at radius 3 is 2.82 bits per heavy atom. The van der Waals surface area contributed by atoms with Crippen molar-refractivity contribution in [2.75, 3.05) is 5.32 Å². The molecule has 0 saturated carbocycles. The van der Waals surface area contributed by atoms with Gasteiger partial charge in [-0.3, -0.25) is 14.5 Å². The van der Waals surface area contributed by atoms with Crippen molar-refractivity contribution < 1.29 is 4.79 Å². The number of rotatable bonds is 6. The van der Waals surface area contributed by atoms with Crippen LogP contribution in [0.3, 0.4) is 0 Å². The number of nitriles is 1. The topological polar surface area (TPSA) is 138 Å². The standard InChI is InChI=1S/C24H19N9O/c1-14-3-7-23(32-30-14)28-17-4-6-22-21(9-17)26-13-33(22)24-8-5-18(15(2)34)20(29-24)10-19-16(11-25)12-27-31-19/h3-9,12-13H,10H2,1-2H3,(H,27,31)(H,28,32). The molecule has 10 nitrogen and oxygen atoms in total. The minimum atomic E-state index is -0.0996. The van der Waals surface area contributed by atoms with Crippen molar-refractivity contribution in [1.82, 2.24) is 34.9 Å². The first kappa shape index (κ1) is 21.0. The summed E-state index contributed by atoms with van der Waals surface area (Å²) in [6.45, 7) is 3.38. The van der Waals surface area contributed by atoms with E-state index in [-0.39, 0.29) is 12.2 Å². The van der Waals surface area contributed by atoms with Crippen molar-refractivity contribution in [3.05, 3.63) is 83.2 Å². The van der Waals surface area contributed by atoms with E-state index in [4.69, 9.17) is 4.98 Å². The Balaban J connectivity index is 1.50. The maximum absolute atomic E-state index is 12.2. The molecule has 5 aromatic rings. The van der Waals surface area contributed by atoms with Crippen molar-refractivity contribution >= 4 is 28.3 Å². The predicted octanol–water partition coefficient (Wildman–Crippen LogP) is 3.65. The number of carbonyl (C=O) groups excluding carboxylic acids is 1. The Labute approximate surface area is 194 Å². The van der Waals surface area contributed by atoms with E-state index in [1.54, 1.807) is 18.5 Å². The Hall–Kier alpha value is -4.91. The number of hydrogen-bond donors (Lipinski definition) is 2. The molecule has 0 radical (unpaired) electrons. The van der Waals surface area contributed by atoms with Gasteiger partial charge in [-0.1, -0.05) is 0 Å². The second kappa shape index (κ2) is 8.55. The van der Waals surface area contributed by atoms with Crippen LogP contribution in [0.2, 0.25) is 0 Å². The zero-order valence-electron chi connectivity index (χ0n) is 18.4. The number of pyridine rings is 1. The van der Waals surface area contributed by atoms with Crippen molar-refractivity contribution in [3.8, 4) is 11.9 Å². The number of anilines is 2. The summed E-state index contributed by atoms with van der Waals surface area (Å²) in [7, 11) is 0. The largest absolute Gasteiger partial charge is 0.339 e. The lowest BCUT2D eigenvalue weighted by Crippen LogP contribution is -2.08. The highest BCUT2D eigenvalue weighted by Crippen LogP contribution is 2.24. The minimum Gasteiger partial charge on any atom is -0.339 e. The molecule has 0 unspecified atom stereocenters. The van der Waals surface area contributed by atoms with Crippen molar-refractivity contribution in [2.45, 2.75) is 20.3 Å². The van der Waals surface area contributed by atoms with Gasteiger partial charge in [0, 0.05) is 17.7 Å². The number of aromatic amines is 1. The van der Waals surface area contributed by atoms with Gasteiger partial charge in [0.1, 0.15) is 18.2 Å². The maximum Gasteiger partial charge on any atom is 0.161 e. The van der Waals surface area contributed by atoms with Gasteiger partial charge in [0.2, 0.25) is 0 Å².